The van der Waals surface area contributed by atoms with Gasteiger partial charge in [0.1, 0.15) is 11.4 Å². The van der Waals surface area contributed by atoms with E-state index in [9.17, 15) is 9.90 Å². The molecule has 0 aliphatic carbocycles. The molecule has 1 aromatic rings. The van der Waals surface area contributed by atoms with Gasteiger partial charge in [-0.25, -0.2) is 4.98 Å². The highest BCUT2D eigenvalue weighted by Gasteiger charge is 2.09. The summed E-state index contributed by atoms with van der Waals surface area (Å²) < 4.78 is 0. The molecule has 1 heterocycles. The Labute approximate surface area is 71.1 Å². The van der Waals surface area contributed by atoms with Crippen LogP contribution in [-0.4, -0.2) is 15.9 Å². The Bertz CT molecular complexity index is 284. The first-order valence-electron chi connectivity index (χ1n) is 3.93. The maximum atomic E-state index is 11.2. The molecule has 0 spiro atoms. The molecule has 0 aliphatic rings. The first kappa shape index (κ1) is 8.71. The van der Waals surface area contributed by atoms with Crippen LogP contribution >= 0.6 is 0 Å². The molecule has 1 aromatic heterocycles. The number of Topliss-reactive ketones (excluding diaryl/α,β-unsaturated/α-hetero) is 1. The smallest absolute Gasteiger partial charge is 0.184 e. The summed E-state index contributed by atoms with van der Waals surface area (Å²) in [4.78, 5) is 15.0. The molecule has 0 unspecified atom stereocenters. The molecular weight excluding hydrogens is 154 g/mol. The maximum absolute atomic E-state index is 11.2. The standard InChI is InChI=1S/C9H11NO2/c1-2-4-7(11)9-8(12)5-3-6-10-9/h3,5-6,12H,2,4H2,1H3. The topological polar surface area (TPSA) is 50.2 Å². The number of nitrogens with zero attached hydrogens (tertiary/aromatic N) is 1. The van der Waals surface area contributed by atoms with Gasteiger partial charge in [0.2, 0.25) is 0 Å². The number of ketones is 1. The second-order valence-electron chi connectivity index (χ2n) is 2.54. The summed E-state index contributed by atoms with van der Waals surface area (Å²) in [7, 11) is 0. The van der Waals surface area contributed by atoms with E-state index in [1.54, 1.807) is 6.07 Å². The van der Waals surface area contributed by atoms with Crippen molar-refractivity contribution in [3.05, 3.63) is 24.0 Å². The summed E-state index contributed by atoms with van der Waals surface area (Å²) >= 11 is 0. The minimum absolute atomic E-state index is 0.0315. The highest BCUT2D eigenvalue weighted by atomic mass is 16.3. The molecule has 0 aliphatic heterocycles. The fourth-order valence-electron chi connectivity index (χ4n) is 0.957. The van der Waals surface area contributed by atoms with Gasteiger partial charge in [-0.2, -0.15) is 0 Å². The zero-order valence-electron chi connectivity index (χ0n) is 6.95. The van der Waals surface area contributed by atoms with Gasteiger partial charge in [0.25, 0.3) is 0 Å². The van der Waals surface area contributed by atoms with Crippen LogP contribution in [0.4, 0.5) is 0 Å². The lowest BCUT2D eigenvalue weighted by atomic mass is 10.1. The number of carbonyl (C=O) groups excluding carboxylic acids is 1. The molecule has 1 rings (SSSR count). The fraction of sp³-hybridized carbons (Fsp3) is 0.333. The zero-order valence-corrected chi connectivity index (χ0v) is 6.95. The highest BCUT2D eigenvalue weighted by Crippen LogP contribution is 2.14. The van der Waals surface area contributed by atoms with Crippen LogP contribution in [0, 0.1) is 0 Å². The molecule has 0 aromatic carbocycles. The van der Waals surface area contributed by atoms with Crippen LogP contribution in [0.1, 0.15) is 30.3 Å². The van der Waals surface area contributed by atoms with Crippen molar-refractivity contribution in [3.8, 4) is 5.75 Å². The number of carbonyl (C=O) groups is 1. The van der Waals surface area contributed by atoms with E-state index < -0.39 is 0 Å². The summed E-state index contributed by atoms with van der Waals surface area (Å²) in [5.74, 6) is -0.133. The third kappa shape index (κ3) is 1.81. The fourth-order valence-corrected chi connectivity index (χ4v) is 0.957. The molecule has 3 nitrogen and oxygen atoms in total. The maximum Gasteiger partial charge on any atom is 0.184 e. The summed E-state index contributed by atoms with van der Waals surface area (Å²) in [6.07, 6.45) is 2.71. The Kier molecular flexibility index (Phi) is 2.80. The lowest BCUT2D eigenvalue weighted by Crippen LogP contribution is -2.01. The van der Waals surface area contributed by atoms with Crippen LogP contribution in [0.3, 0.4) is 0 Å². The Morgan fingerprint density at radius 1 is 1.67 bits per heavy atom. The Morgan fingerprint density at radius 3 is 3.00 bits per heavy atom. The van der Waals surface area contributed by atoms with Gasteiger partial charge in [-0.3, -0.25) is 4.79 Å². The minimum Gasteiger partial charge on any atom is -0.506 e. The third-order valence-corrected chi connectivity index (χ3v) is 1.53. The molecular formula is C9H11NO2. The van der Waals surface area contributed by atoms with Crippen LogP contribution in [0.15, 0.2) is 18.3 Å². The number of rotatable bonds is 3. The second kappa shape index (κ2) is 3.85. The number of aromatic hydroxyl groups is 1. The van der Waals surface area contributed by atoms with Crippen molar-refractivity contribution in [2.75, 3.05) is 0 Å². The van der Waals surface area contributed by atoms with E-state index in [0.717, 1.165) is 6.42 Å². The summed E-state index contributed by atoms with van der Waals surface area (Å²) in [6, 6.07) is 3.06. The van der Waals surface area contributed by atoms with Crippen LogP contribution in [0.2, 0.25) is 0 Å². The molecule has 0 atom stereocenters. The van der Waals surface area contributed by atoms with Crippen molar-refractivity contribution in [2.45, 2.75) is 19.8 Å². The molecule has 0 saturated heterocycles. The molecule has 0 bridgehead atoms. The average Bonchev–Trinajstić information content (AvgIpc) is 2.05. The number of aromatic nitrogens is 1. The Hall–Kier alpha value is -1.38. The number of pyridine rings is 1. The largest absolute Gasteiger partial charge is 0.506 e. The van der Waals surface area contributed by atoms with E-state index in [0.29, 0.717) is 6.42 Å². The van der Waals surface area contributed by atoms with E-state index in [1.165, 1.54) is 12.3 Å². The van der Waals surface area contributed by atoms with Crippen molar-refractivity contribution in [1.29, 1.82) is 0 Å². The second-order valence-corrected chi connectivity index (χ2v) is 2.54. The molecule has 0 radical (unpaired) electrons. The van der Waals surface area contributed by atoms with Gasteiger partial charge in [0.05, 0.1) is 0 Å². The van der Waals surface area contributed by atoms with Gasteiger partial charge in [0, 0.05) is 12.6 Å². The molecule has 0 amide bonds. The zero-order chi connectivity index (χ0) is 8.97. The quantitative estimate of drug-likeness (QED) is 0.694. The summed E-state index contributed by atoms with van der Waals surface area (Å²) in [5, 5.41) is 9.22. The predicted octanol–water partition coefficient (Wildman–Crippen LogP) is 1.77. The van der Waals surface area contributed by atoms with Crippen molar-refractivity contribution in [1.82, 2.24) is 4.98 Å². The van der Waals surface area contributed by atoms with Crippen LogP contribution in [0.25, 0.3) is 0 Å². The van der Waals surface area contributed by atoms with Gasteiger partial charge >= 0.3 is 0 Å². The molecule has 0 saturated carbocycles. The van der Waals surface area contributed by atoms with E-state index in [2.05, 4.69) is 4.98 Å². The lowest BCUT2D eigenvalue weighted by molar-refractivity contribution is 0.0974. The molecule has 3 heteroatoms. The molecule has 12 heavy (non-hydrogen) atoms. The van der Waals surface area contributed by atoms with E-state index in [-0.39, 0.29) is 17.2 Å². The molecule has 64 valence electrons. The van der Waals surface area contributed by atoms with Gasteiger partial charge < -0.3 is 5.11 Å². The Balaban J connectivity index is 2.87. The van der Waals surface area contributed by atoms with E-state index >= 15 is 0 Å². The normalized spacial score (nSPS) is 9.75. The Morgan fingerprint density at radius 2 is 2.42 bits per heavy atom. The third-order valence-electron chi connectivity index (χ3n) is 1.53. The number of hydrogen-bond acceptors (Lipinski definition) is 3. The monoisotopic (exact) mass is 165 g/mol. The summed E-state index contributed by atoms with van der Waals surface area (Å²) in [6.45, 7) is 1.91. The molecule has 0 fully saturated rings. The van der Waals surface area contributed by atoms with Crippen LogP contribution < -0.4 is 0 Å². The van der Waals surface area contributed by atoms with Crippen molar-refractivity contribution >= 4 is 5.78 Å². The first-order valence-corrected chi connectivity index (χ1v) is 3.93. The van der Waals surface area contributed by atoms with E-state index in [4.69, 9.17) is 0 Å². The van der Waals surface area contributed by atoms with Crippen LogP contribution in [0.5, 0.6) is 5.75 Å². The van der Waals surface area contributed by atoms with E-state index in [1.807, 2.05) is 6.92 Å². The van der Waals surface area contributed by atoms with Gasteiger partial charge in [-0.1, -0.05) is 6.92 Å². The minimum atomic E-state index is -0.101. The predicted molar refractivity (Wildman–Crippen MR) is 45.1 cm³/mol. The van der Waals surface area contributed by atoms with Crippen molar-refractivity contribution in [3.63, 3.8) is 0 Å². The van der Waals surface area contributed by atoms with Gasteiger partial charge in [0.15, 0.2) is 5.78 Å². The van der Waals surface area contributed by atoms with Crippen LogP contribution in [-0.2, 0) is 0 Å². The van der Waals surface area contributed by atoms with Crippen molar-refractivity contribution in [2.24, 2.45) is 0 Å². The SMILES string of the molecule is CCCC(=O)c1ncccc1O. The summed E-state index contributed by atoms with van der Waals surface area (Å²) in [5.41, 5.74) is 0.180. The first-order chi connectivity index (χ1) is 5.75. The number of hydrogen-bond donors (Lipinski definition) is 1. The van der Waals surface area contributed by atoms with Gasteiger partial charge in [-0.05, 0) is 18.6 Å². The van der Waals surface area contributed by atoms with Gasteiger partial charge in [-0.15, -0.1) is 0 Å². The molecule has 1 N–H and O–H groups in total. The lowest BCUT2D eigenvalue weighted by Gasteiger charge is -1.99. The van der Waals surface area contributed by atoms with Crippen molar-refractivity contribution < 1.29 is 9.90 Å². The average molecular weight is 165 g/mol. The highest BCUT2D eigenvalue weighted by molar-refractivity contribution is 5.96.